The molecule has 1 atom stereocenters. The highest BCUT2D eigenvalue weighted by atomic mass is 16.4. The summed E-state index contributed by atoms with van der Waals surface area (Å²) in [5.74, 6) is -2.67. The minimum absolute atomic E-state index is 0.376. The standard InChI is InChI=1S/C12H11NO3/c1-6-3-4-7(2)10-9(6)11(14)8(5-13-10)12(15)16/h3-5,8H,1-2H3,(H,15,16). The number of ketones is 1. The molecule has 1 N–H and O–H groups in total. The van der Waals surface area contributed by atoms with E-state index in [1.54, 1.807) is 6.92 Å². The molecule has 0 radical (unpaired) electrons. The van der Waals surface area contributed by atoms with Crippen LogP contribution in [0.5, 0.6) is 0 Å². The average Bonchev–Trinajstić information content (AvgIpc) is 2.23. The zero-order valence-corrected chi connectivity index (χ0v) is 9.02. The van der Waals surface area contributed by atoms with Crippen molar-refractivity contribution in [2.45, 2.75) is 13.8 Å². The van der Waals surface area contributed by atoms with Gasteiger partial charge >= 0.3 is 5.97 Å². The Morgan fingerprint density at radius 2 is 1.94 bits per heavy atom. The average molecular weight is 217 g/mol. The molecule has 0 spiro atoms. The van der Waals surface area contributed by atoms with Crippen molar-refractivity contribution >= 4 is 23.7 Å². The molecular weight excluding hydrogens is 206 g/mol. The summed E-state index contributed by atoms with van der Waals surface area (Å²) < 4.78 is 0. The zero-order valence-electron chi connectivity index (χ0n) is 9.02. The lowest BCUT2D eigenvalue weighted by Gasteiger charge is -2.17. The number of carboxylic acids is 1. The highest BCUT2D eigenvalue weighted by molar-refractivity contribution is 6.22. The van der Waals surface area contributed by atoms with Crippen LogP contribution in [-0.4, -0.2) is 23.1 Å². The van der Waals surface area contributed by atoms with E-state index in [9.17, 15) is 9.59 Å². The van der Waals surface area contributed by atoms with Crippen LogP contribution in [0.1, 0.15) is 21.5 Å². The smallest absolute Gasteiger partial charge is 0.319 e. The van der Waals surface area contributed by atoms with E-state index in [1.165, 1.54) is 6.21 Å². The molecule has 1 aliphatic rings. The predicted octanol–water partition coefficient (Wildman–Crippen LogP) is 1.90. The summed E-state index contributed by atoms with van der Waals surface area (Å²) >= 11 is 0. The van der Waals surface area contributed by atoms with Crippen LogP contribution in [0.3, 0.4) is 0 Å². The zero-order chi connectivity index (χ0) is 11.9. The van der Waals surface area contributed by atoms with E-state index in [0.29, 0.717) is 11.3 Å². The Bertz CT molecular complexity index is 517. The SMILES string of the molecule is Cc1ccc(C)c2c1N=CC(C(=O)O)C2=O. The van der Waals surface area contributed by atoms with Gasteiger partial charge in [0.15, 0.2) is 11.7 Å². The Kier molecular flexibility index (Phi) is 2.34. The van der Waals surface area contributed by atoms with Crippen LogP contribution in [0.4, 0.5) is 5.69 Å². The summed E-state index contributed by atoms with van der Waals surface area (Å²) in [6, 6.07) is 3.69. The molecule has 4 heteroatoms. The summed E-state index contributed by atoms with van der Waals surface area (Å²) in [4.78, 5) is 26.9. The van der Waals surface area contributed by atoms with E-state index >= 15 is 0 Å². The number of aryl methyl sites for hydroxylation is 2. The van der Waals surface area contributed by atoms with Gasteiger partial charge in [0.05, 0.1) is 5.69 Å². The monoisotopic (exact) mass is 217 g/mol. The Morgan fingerprint density at radius 3 is 2.56 bits per heavy atom. The predicted molar refractivity (Wildman–Crippen MR) is 59.5 cm³/mol. The number of Topliss-reactive ketones (excluding diaryl/α,β-unsaturated/α-hetero) is 1. The molecule has 1 aliphatic heterocycles. The molecule has 16 heavy (non-hydrogen) atoms. The van der Waals surface area contributed by atoms with Crippen LogP contribution in [0.15, 0.2) is 17.1 Å². The van der Waals surface area contributed by atoms with Crippen molar-refractivity contribution in [1.29, 1.82) is 0 Å². The molecule has 82 valence electrons. The molecule has 0 fully saturated rings. The van der Waals surface area contributed by atoms with Gasteiger partial charge in [-0.05, 0) is 25.0 Å². The van der Waals surface area contributed by atoms with Crippen LogP contribution in [0, 0.1) is 19.8 Å². The summed E-state index contributed by atoms with van der Waals surface area (Å²) in [7, 11) is 0. The lowest BCUT2D eigenvalue weighted by molar-refractivity contribution is -0.137. The Morgan fingerprint density at radius 1 is 1.31 bits per heavy atom. The number of aliphatic imine (C=N–C) groups is 1. The number of hydrogen-bond acceptors (Lipinski definition) is 3. The molecule has 1 aromatic rings. The number of nitrogens with zero attached hydrogens (tertiary/aromatic N) is 1. The molecule has 0 aromatic heterocycles. The third-order valence-electron chi connectivity index (χ3n) is 2.74. The van der Waals surface area contributed by atoms with Gasteiger partial charge in [-0.15, -0.1) is 0 Å². The van der Waals surface area contributed by atoms with Crippen molar-refractivity contribution in [3.63, 3.8) is 0 Å². The minimum Gasteiger partial charge on any atom is -0.480 e. The molecule has 4 nitrogen and oxygen atoms in total. The molecule has 0 saturated heterocycles. The lowest BCUT2D eigenvalue weighted by atomic mass is 9.90. The Balaban J connectivity index is 2.64. The number of carbonyl (C=O) groups excluding carboxylic acids is 1. The van der Waals surface area contributed by atoms with Gasteiger partial charge in [-0.1, -0.05) is 12.1 Å². The Hall–Kier alpha value is -1.97. The van der Waals surface area contributed by atoms with Crippen LogP contribution in [-0.2, 0) is 4.79 Å². The quantitative estimate of drug-likeness (QED) is 0.730. The fraction of sp³-hybridized carbons (Fsp3) is 0.250. The first-order valence-corrected chi connectivity index (χ1v) is 4.94. The van der Waals surface area contributed by atoms with E-state index < -0.39 is 11.9 Å². The van der Waals surface area contributed by atoms with E-state index in [0.717, 1.165) is 11.1 Å². The first-order chi connectivity index (χ1) is 7.52. The molecule has 1 unspecified atom stereocenters. The summed E-state index contributed by atoms with van der Waals surface area (Å²) in [5, 5.41) is 8.88. The first-order valence-electron chi connectivity index (χ1n) is 4.94. The number of carbonyl (C=O) groups is 2. The summed E-state index contributed by atoms with van der Waals surface area (Å²) in [6.07, 6.45) is 1.21. The van der Waals surface area contributed by atoms with Gasteiger partial charge in [0.1, 0.15) is 0 Å². The maximum absolute atomic E-state index is 12.0. The highest BCUT2D eigenvalue weighted by Crippen LogP contribution is 2.32. The molecule has 1 heterocycles. The second-order valence-corrected chi connectivity index (χ2v) is 3.88. The normalized spacial score (nSPS) is 18.4. The molecule has 2 rings (SSSR count). The molecular formula is C12H11NO3. The van der Waals surface area contributed by atoms with Crippen LogP contribution in [0.2, 0.25) is 0 Å². The minimum atomic E-state index is -1.15. The molecule has 1 aromatic carbocycles. The molecule has 0 aliphatic carbocycles. The third-order valence-corrected chi connectivity index (χ3v) is 2.74. The topological polar surface area (TPSA) is 66.7 Å². The van der Waals surface area contributed by atoms with Crippen molar-refractivity contribution in [3.8, 4) is 0 Å². The third kappa shape index (κ3) is 1.43. The maximum Gasteiger partial charge on any atom is 0.319 e. The molecule has 0 amide bonds. The van der Waals surface area contributed by atoms with Gasteiger partial charge in [-0.25, -0.2) is 0 Å². The first kappa shape index (κ1) is 10.5. The van der Waals surface area contributed by atoms with Crippen molar-refractivity contribution < 1.29 is 14.7 Å². The Labute approximate surface area is 92.6 Å². The molecule has 0 bridgehead atoms. The van der Waals surface area contributed by atoms with Gasteiger partial charge in [-0.3, -0.25) is 14.6 Å². The van der Waals surface area contributed by atoms with Crippen molar-refractivity contribution in [3.05, 3.63) is 28.8 Å². The number of rotatable bonds is 1. The van der Waals surface area contributed by atoms with Gasteiger partial charge in [0, 0.05) is 11.8 Å². The van der Waals surface area contributed by atoms with Crippen LogP contribution < -0.4 is 0 Å². The van der Waals surface area contributed by atoms with E-state index in [2.05, 4.69) is 4.99 Å². The van der Waals surface area contributed by atoms with E-state index in [4.69, 9.17) is 5.11 Å². The summed E-state index contributed by atoms with van der Waals surface area (Å²) in [6.45, 7) is 3.64. The fourth-order valence-electron chi connectivity index (χ4n) is 1.82. The van der Waals surface area contributed by atoms with Gasteiger partial charge < -0.3 is 5.11 Å². The van der Waals surface area contributed by atoms with E-state index in [1.807, 2.05) is 19.1 Å². The van der Waals surface area contributed by atoms with Gasteiger partial charge in [-0.2, -0.15) is 0 Å². The number of aliphatic carboxylic acids is 1. The second kappa shape index (κ2) is 3.56. The number of benzene rings is 1. The summed E-state index contributed by atoms with van der Waals surface area (Å²) in [5.41, 5.74) is 2.69. The van der Waals surface area contributed by atoms with E-state index in [-0.39, 0.29) is 5.78 Å². The lowest BCUT2D eigenvalue weighted by Crippen LogP contribution is -2.28. The fourth-order valence-corrected chi connectivity index (χ4v) is 1.82. The van der Waals surface area contributed by atoms with Crippen LogP contribution in [0.25, 0.3) is 0 Å². The highest BCUT2D eigenvalue weighted by Gasteiger charge is 2.32. The maximum atomic E-state index is 12.0. The number of hydrogen-bond donors (Lipinski definition) is 1. The van der Waals surface area contributed by atoms with Gasteiger partial charge in [0.25, 0.3) is 0 Å². The van der Waals surface area contributed by atoms with Crippen LogP contribution >= 0.6 is 0 Å². The van der Waals surface area contributed by atoms with Crippen molar-refractivity contribution in [2.24, 2.45) is 10.9 Å². The van der Waals surface area contributed by atoms with Gasteiger partial charge in [0.2, 0.25) is 0 Å². The van der Waals surface area contributed by atoms with Crippen molar-refractivity contribution in [2.75, 3.05) is 0 Å². The largest absolute Gasteiger partial charge is 0.480 e. The second-order valence-electron chi connectivity index (χ2n) is 3.88. The number of carboxylic acid groups (broad SMARTS) is 1. The number of fused-ring (bicyclic) bond motifs is 1. The van der Waals surface area contributed by atoms with Crippen molar-refractivity contribution in [1.82, 2.24) is 0 Å². The molecule has 0 saturated carbocycles.